The Labute approximate surface area is 141 Å². The van der Waals surface area contributed by atoms with E-state index >= 15 is 0 Å². The third-order valence-corrected chi connectivity index (χ3v) is 5.28. The molecule has 0 bridgehead atoms. The molecule has 128 valence electrons. The second-order valence-corrected chi connectivity index (χ2v) is 7.08. The van der Waals surface area contributed by atoms with Gasteiger partial charge in [-0.25, -0.2) is 0 Å². The predicted octanol–water partition coefficient (Wildman–Crippen LogP) is 1.59. The zero-order chi connectivity index (χ0) is 16.5. The SMILES string of the molecule is O=C(N[C@@H]1CC(Cn2cccn2)C[C@H]1O)c1cc2n(c1)CCCC2. The van der Waals surface area contributed by atoms with E-state index in [-0.39, 0.29) is 11.9 Å². The number of amides is 1. The summed E-state index contributed by atoms with van der Waals surface area (Å²) >= 11 is 0. The average Bonchev–Trinajstić information content (AvgIpc) is 3.28. The van der Waals surface area contributed by atoms with Gasteiger partial charge in [0.15, 0.2) is 0 Å². The van der Waals surface area contributed by atoms with Crippen LogP contribution in [0.15, 0.2) is 30.7 Å². The highest BCUT2D eigenvalue weighted by molar-refractivity contribution is 5.94. The summed E-state index contributed by atoms with van der Waals surface area (Å²) in [6.45, 7) is 1.79. The van der Waals surface area contributed by atoms with Crippen LogP contribution < -0.4 is 5.32 Å². The van der Waals surface area contributed by atoms with Gasteiger partial charge in [-0.2, -0.15) is 5.10 Å². The molecule has 0 saturated heterocycles. The summed E-state index contributed by atoms with van der Waals surface area (Å²) < 4.78 is 4.08. The first kappa shape index (κ1) is 15.4. The Morgan fingerprint density at radius 2 is 2.29 bits per heavy atom. The normalized spacial score (nSPS) is 26.3. The number of hydrogen-bond acceptors (Lipinski definition) is 3. The van der Waals surface area contributed by atoms with E-state index in [2.05, 4.69) is 15.0 Å². The fourth-order valence-corrected chi connectivity index (χ4v) is 4.03. The molecule has 2 aromatic heterocycles. The lowest BCUT2D eigenvalue weighted by molar-refractivity contribution is 0.0872. The van der Waals surface area contributed by atoms with Crippen molar-refractivity contribution in [2.24, 2.45) is 5.92 Å². The largest absolute Gasteiger partial charge is 0.391 e. The maximum atomic E-state index is 12.5. The molecule has 2 N–H and O–H groups in total. The molecule has 1 amide bonds. The van der Waals surface area contributed by atoms with Gasteiger partial charge in [0.2, 0.25) is 0 Å². The number of nitrogens with one attached hydrogen (secondary N) is 1. The molecular weight excluding hydrogens is 304 g/mol. The first-order chi connectivity index (χ1) is 11.7. The molecule has 1 unspecified atom stereocenters. The van der Waals surface area contributed by atoms with Crippen LogP contribution in [0.5, 0.6) is 0 Å². The number of fused-ring (bicyclic) bond motifs is 1. The second-order valence-electron chi connectivity index (χ2n) is 7.08. The van der Waals surface area contributed by atoms with E-state index in [0.717, 1.165) is 31.5 Å². The Bertz CT molecular complexity index is 683. The van der Waals surface area contributed by atoms with Crippen LogP contribution in [0.25, 0.3) is 0 Å². The summed E-state index contributed by atoms with van der Waals surface area (Å²) in [5.41, 5.74) is 1.96. The molecule has 1 fully saturated rings. The molecule has 0 aromatic carbocycles. The highest BCUT2D eigenvalue weighted by atomic mass is 16.3. The third kappa shape index (κ3) is 3.11. The van der Waals surface area contributed by atoms with Crippen LogP contribution in [-0.4, -0.2) is 37.5 Å². The topological polar surface area (TPSA) is 72.1 Å². The van der Waals surface area contributed by atoms with Gasteiger partial charge in [0.1, 0.15) is 0 Å². The maximum Gasteiger partial charge on any atom is 0.253 e. The van der Waals surface area contributed by atoms with E-state index in [1.54, 1.807) is 6.20 Å². The minimum Gasteiger partial charge on any atom is -0.391 e. The number of carbonyl (C=O) groups excluding carboxylic acids is 1. The van der Waals surface area contributed by atoms with Gasteiger partial charge in [-0.15, -0.1) is 0 Å². The van der Waals surface area contributed by atoms with Gasteiger partial charge in [0, 0.05) is 37.4 Å². The van der Waals surface area contributed by atoms with Crippen LogP contribution in [0.1, 0.15) is 41.7 Å². The molecule has 0 spiro atoms. The standard InChI is InChI=1S/C18H24N4O2/c23-17-9-13(11-22-7-3-5-19-22)8-16(17)20-18(24)14-10-15-4-1-2-6-21(15)12-14/h3,5,7,10,12-13,16-17,23H,1-2,4,6,8-9,11H2,(H,20,24)/t13?,16-,17-/m1/s1. The van der Waals surface area contributed by atoms with E-state index in [0.29, 0.717) is 12.3 Å². The fourth-order valence-electron chi connectivity index (χ4n) is 4.03. The molecule has 3 heterocycles. The van der Waals surface area contributed by atoms with Crippen LogP contribution in [0, 0.1) is 5.92 Å². The van der Waals surface area contributed by atoms with Gasteiger partial charge in [-0.3, -0.25) is 9.48 Å². The average molecular weight is 328 g/mol. The molecule has 0 radical (unpaired) electrons. The number of hydrogen-bond donors (Lipinski definition) is 2. The number of aromatic nitrogens is 3. The Balaban J connectivity index is 1.37. The number of aryl methyl sites for hydroxylation is 2. The molecule has 1 saturated carbocycles. The zero-order valence-corrected chi connectivity index (χ0v) is 13.8. The van der Waals surface area contributed by atoms with Crippen LogP contribution in [0.4, 0.5) is 0 Å². The number of carbonyl (C=O) groups is 1. The van der Waals surface area contributed by atoms with Crippen molar-refractivity contribution in [1.29, 1.82) is 0 Å². The molecule has 6 nitrogen and oxygen atoms in total. The molecule has 3 atom stereocenters. The lowest BCUT2D eigenvalue weighted by Crippen LogP contribution is -2.39. The smallest absolute Gasteiger partial charge is 0.253 e. The fraction of sp³-hybridized carbons (Fsp3) is 0.556. The van der Waals surface area contributed by atoms with Gasteiger partial charge in [-0.05, 0) is 50.2 Å². The second kappa shape index (κ2) is 6.43. The Morgan fingerprint density at radius 3 is 3.08 bits per heavy atom. The number of aliphatic hydroxyl groups excluding tert-OH is 1. The van der Waals surface area contributed by atoms with Crippen LogP contribution >= 0.6 is 0 Å². The minimum atomic E-state index is -0.480. The van der Waals surface area contributed by atoms with Gasteiger partial charge < -0.3 is 15.0 Å². The monoisotopic (exact) mass is 328 g/mol. The maximum absolute atomic E-state index is 12.5. The van der Waals surface area contributed by atoms with Crippen molar-refractivity contribution >= 4 is 5.91 Å². The van der Waals surface area contributed by atoms with Crippen molar-refractivity contribution in [3.63, 3.8) is 0 Å². The van der Waals surface area contributed by atoms with Crippen molar-refractivity contribution in [3.8, 4) is 0 Å². The molecule has 4 rings (SSSR count). The number of nitrogens with zero attached hydrogens (tertiary/aromatic N) is 3. The van der Waals surface area contributed by atoms with E-state index in [1.807, 2.05) is 29.2 Å². The Hall–Kier alpha value is -2.08. The highest BCUT2D eigenvalue weighted by Crippen LogP contribution is 2.28. The summed E-state index contributed by atoms with van der Waals surface area (Å²) in [4.78, 5) is 12.5. The van der Waals surface area contributed by atoms with Gasteiger partial charge in [-0.1, -0.05) is 0 Å². The summed E-state index contributed by atoms with van der Waals surface area (Å²) in [6.07, 6.45) is 10.1. The number of aliphatic hydroxyl groups is 1. The highest BCUT2D eigenvalue weighted by Gasteiger charge is 2.34. The van der Waals surface area contributed by atoms with Crippen molar-refractivity contribution in [2.75, 3.05) is 0 Å². The zero-order valence-electron chi connectivity index (χ0n) is 13.8. The van der Waals surface area contributed by atoms with Crippen molar-refractivity contribution in [3.05, 3.63) is 42.0 Å². The molecule has 6 heteroatoms. The lowest BCUT2D eigenvalue weighted by atomic mass is 10.1. The lowest BCUT2D eigenvalue weighted by Gasteiger charge is -2.16. The molecular formula is C18H24N4O2. The third-order valence-electron chi connectivity index (χ3n) is 5.28. The molecule has 2 aromatic rings. The van der Waals surface area contributed by atoms with Crippen molar-refractivity contribution in [1.82, 2.24) is 19.7 Å². The predicted molar refractivity (Wildman–Crippen MR) is 89.6 cm³/mol. The van der Waals surface area contributed by atoms with E-state index in [1.165, 1.54) is 18.5 Å². The molecule has 1 aliphatic heterocycles. The van der Waals surface area contributed by atoms with Crippen molar-refractivity contribution < 1.29 is 9.90 Å². The Kier molecular flexibility index (Phi) is 4.14. The van der Waals surface area contributed by atoms with E-state index in [4.69, 9.17) is 0 Å². The van der Waals surface area contributed by atoms with Gasteiger partial charge in [0.05, 0.1) is 17.7 Å². The quantitative estimate of drug-likeness (QED) is 0.895. The Morgan fingerprint density at radius 1 is 1.38 bits per heavy atom. The van der Waals surface area contributed by atoms with Crippen LogP contribution in [0.2, 0.25) is 0 Å². The summed E-state index contributed by atoms with van der Waals surface area (Å²) in [6, 6.07) is 3.73. The van der Waals surface area contributed by atoms with Gasteiger partial charge >= 0.3 is 0 Å². The van der Waals surface area contributed by atoms with Crippen LogP contribution in [0.3, 0.4) is 0 Å². The molecule has 24 heavy (non-hydrogen) atoms. The molecule has 1 aliphatic carbocycles. The summed E-state index contributed by atoms with van der Waals surface area (Å²) in [5.74, 6) is 0.271. The van der Waals surface area contributed by atoms with E-state index < -0.39 is 6.10 Å². The summed E-state index contributed by atoms with van der Waals surface area (Å²) in [5, 5.41) is 17.5. The van der Waals surface area contributed by atoms with Gasteiger partial charge in [0.25, 0.3) is 5.91 Å². The summed E-state index contributed by atoms with van der Waals surface area (Å²) in [7, 11) is 0. The van der Waals surface area contributed by atoms with E-state index in [9.17, 15) is 9.90 Å². The first-order valence-electron chi connectivity index (χ1n) is 8.84. The minimum absolute atomic E-state index is 0.0688. The van der Waals surface area contributed by atoms with Crippen molar-refractivity contribution in [2.45, 2.75) is 57.3 Å². The molecule has 2 aliphatic rings. The number of rotatable bonds is 4. The van der Waals surface area contributed by atoms with Crippen LogP contribution in [-0.2, 0) is 19.5 Å². The first-order valence-corrected chi connectivity index (χ1v) is 8.84.